The number of benzene rings is 2. The molecule has 0 aliphatic heterocycles. The van der Waals surface area contributed by atoms with E-state index in [2.05, 4.69) is 21.7 Å². The molecular weight excluding hydrogens is 266 g/mol. The first-order valence-electron chi connectivity index (χ1n) is 6.21. The van der Waals surface area contributed by atoms with Crippen LogP contribution in [0.1, 0.15) is 27.0 Å². The third kappa shape index (κ3) is 3.71. The number of hydrogen-bond acceptors (Lipinski definition) is 4. The second-order valence-electron chi connectivity index (χ2n) is 4.15. The van der Waals surface area contributed by atoms with Gasteiger partial charge in [0.25, 0.3) is 0 Å². The van der Waals surface area contributed by atoms with E-state index in [0.717, 1.165) is 16.7 Å². The topological polar surface area (TPSA) is 58.9 Å². The molecule has 0 unspecified atom stereocenters. The zero-order chi connectivity index (χ0) is 15.1. The summed E-state index contributed by atoms with van der Waals surface area (Å²) in [6.45, 7) is 0. The number of carbonyl (C=O) groups excluding carboxylic acids is 1. The van der Waals surface area contributed by atoms with Crippen LogP contribution in [0.2, 0.25) is 0 Å². The molecule has 21 heavy (non-hydrogen) atoms. The Bertz CT molecular complexity index is 722. The van der Waals surface area contributed by atoms with Gasteiger partial charge >= 0.3 is 5.97 Å². The van der Waals surface area contributed by atoms with E-state index in [9.17, 15) is 4.79 Å². The molecule has 0 fully saturated rings. The molecule has 0 aliphatic carbocycles. The average molecular weight is 279 g/mol. The maximum Gasteiger partial charge on any atom is 0.337 e. The van der Waals surface area contributed by atoms with Crippen LogP contribution in [0.3, 0.4) is 0 Å². The van der Waals surface area contributed by atoms with Gasteiger partial charge in [-0.3, -0.25) is 0 Å². The van der Waals surface area contributed by atoms with Crippen LogP contribution in [0.5, 0.6) is 0 Å². The molecule has 0 heterocycles. The lowest BCUT2D eigenvalue weighted by atomic mass is 10.1. The van der Waals surface area contributed by atoms with Gasteiger partial charge in [-0.05, 0) is 30.3 Å². The molecule has 0 radical (unpaired) electrons. The van der Waals surface area contributed by atoms with Crippen LogP contribution in [0.4, 0.5) is 0 Å². The number of carbonyl (C=O) groups is 1. The predicted octanol–water partition coefficient (Wildman–Crippen LogP) is 2.68. The molecule has 0 amide bonds. The molecule has 0 bridgehead atoms. The summed E-state index contributed by atoms with van der Waals surface area (Å²) in [5, 5.41) is 11.6. The second kappa shape index (κ2) is 6.92. The maximum absolute atomic E-state index is 11.3. The summed E-state index contributed by atoms with van der Waals surface area (Å²) in [6.07, 6.45) is 1.34. The van der Waals surface area contributed by atoms with Gasteiger partial charge in [0.15, 0.2) is 0 Å². The van der Waals surface area contributed by atoms with Crippen LogP contribution in [0, 0.1) is 11.8 Å². The van der Waals surface area contributed by atoms with E-state index in [0.29, 0.717) is 5.56 Å². The molecule has 2 aromatic carbocycles. The zero-order valence-corrected chi connectivity index (χ0v) is 11.4. The Balaban J connectivity index is 2.25. The first kappa shape index (κ1) is 14.4. The number of hydrogen-bond donors (Lipinski definition) is 1. The molecule has 104 valence electrons. The fraction of sp³-hybridized carbons (Fsp3) is 0.0588. The molecule has 0 aliphatic rings. The van der Waals surface area contributed by atoms with Gasteiger partial charge in [0, 0.05) is 16.7 Å². The van der Waals surface area contributed by atoms with E-state index in [1.807, 2.05) is 24.3 Å². The van der Waals surface area contributed by atoms with Gasteiger partial charge in [-0.15, -0.1) is 0 Å². The van der Waals surface area contributed by atoms with Crippen molar-refractivity contribution in [3.05, 3.63) is 70.8 Å². The highest BCUT2D eigenvalue weighted by Gasteiger charge is 2.03. The first-order valence-corrected chi connectivity index (χ1v) is 6.21. The largest absolute Gasteiger partial charge is 0.465 e. The summed E-state index contributed by atoms with van der Waals surface area (Å²) in [5.41, 5.74) is 2.75. The molecule has 2 rings (SSSR count). The SMILES string of the molecule is COC(=O)c1ccc(C#Cc2ccccc2/C=N/O)cc1. The summed E-state index contributed by atoms with van der Waals surface area (Å²) in [6, 6.07) is 14.2. The minimum atomic E-state index is -0.376. The van der Waals surface area contributed by atoms with Gasteiger partial charge in [-0.2, -0.15) is 0 Å². The highest BCUT2D eigenvalue weighted by molar-refractivity contribution is 5.89. The molecule has 4 nitrogen and oxygen atoms in total. The highest BCUT2D eigenvalue weighted by atomic mass is 16.5. The van der Waals surface area contributed by atoms with Crippen LogP contribution in [-0.4, -0.2) is 24.5 Å². The van der Waals surface area contributed by atoms with E-state index >= 15 is 0 Å². The monoisotopic (exact) mass is 279 g/mol. The summed E-state index contributed by atoms with van der Waals surface area (Å²) < 4.78 is 4.63. The number of nitrogens with zero attached hydrogens (tertiary/aromatic N) is 1. The normalized spacial score (nSPS) is 9.95. The maximum atomic E-state index is 11.3. The van der Waals surface area contributed by atoms with E-state index in [4.69, 9.17) is 5.21 Å². The van der Waals surface area contributed by atoms with Gasteiger partial charge in [0.1, 0.15) is 0 Å². The lowest BCUT2D eigenvalue weighted by Gasteiger charge is -1.98. The van der Waals surface area contributed by atoms with E-state index in [1.165, 1.54) is 13.3 Å². The van der Waals surface area contributed by atoms with Crippen molar-refractivity contribution in [1.29, 1.82) is 0 Å². The lowest BCUT2D eigenvalue weighted by molar-refractivity contribution is 0.0600. The number of ether oxygens (including phenoxy) is 1. The minimum Gasteiger partial charge on any atom is -0.465 e. The molecule has 0 saturated heterocycles. The number of methoxy groups -OCH3 is 1. The van der Waals surface area contributed by atoms with Crippen molar-refractivity contribution in [3.63, 3.8) is 0 Å². The van der Waals surface area contributed by atoms with Gasteiger partial charge in [0.2, 0.25) is 0 Å². The Labute approximate surface area is 122 Å². The molecule has 0 aromatic heterocycles. The zero-order valence-electron chi connectivity index (χ0n) is 11.4. The van der Waals surface area contributed by atoms with Crippen molar-refractivity contribution in [3.8, 4) is 11.8 Å². The standard InChI is InChI=1S/C17H13NO3/c1-21-17(19)15-10-7-13(8-11-15)6-9-14-4-2-3-5-16(14)12-18-20/h2-5,7-8,10-12,20H,1H3/b18-12+. The molecule has 0 atom stereocenters. The number of oxime groups is 1. The summed E-state index contributed by atoms with van der Waals surface area (Å²) >= 11 is 0. The van der Waals surface area contributed by atoms with Crippen molar-refractivity contribution >= 4 is 12.2 Å². The Kier molecular flexibility index (Phi) is 4.73. The predicted molar refractivity (Wildman–Crippen MR) is 79.6 cm³/mol. The highest BCUT2D eigenvalue weighted by Crippen LogP contribution is 2.07. The third-order valence-electron chi connectivity index (χ3n) is 2.81. The van der Waals surface area contributed by atoms with Crippen molar-refractivity contribution in [2.45, 2.75) is 0 Å². The fourth-order valence-electron chi connectivity index (χ4n) is 1.73. The summed E-state index contributed by atoms with van der Waals surface area (Å²) in [4.78, 5) is 11.3. The van der Waals surface area contributed by atoms with Crippen LogP contribution in [-0.2, 0) is 4.74 Å². The Hall–Kier alpha value is -3.06. The summed E-state index contributed by atoms with van der Waals surface area (Å²) in [5.74, 6) is 5.63. The average Bonchev–Trinajstić information content (AvgIpc) is 2.54. The van der Waals surface area contributed by atoms with Crippen LogP contribution in [0.25, 0.3) is 0 Å². The smallest absolute Gasteiger partial charge is 0.337 e. The van der Waals surface area contributed by atoms with E-state index in [-0.39, 0.29) is 5.97 Å². The third-order valence-corrected chi connectivity index (χ3v) is 2.81. The van der Waals surface area contributed by atoms with Gasteiger partial charge < -0.3 is 9.94 Å². The van der Waals surface area contributed by atoms with Crippen LogP contribution >= 0.6 is 0 Å². The fourth-order valence-corrected chi connectivity index (χ4v) is 1.73. The Morgan fingerprint density at radius 2 is 1.86 bits per heavy atom. The van der Waals surface area contributed by atoms with Crippen molar-refractivity contribution in [2.75, 3.05) is 7.11 Å². The molecule has 0 spiro atoms. The Morgan fingerprint density at radius 3 is 2.52 bits per heavy atom. The van der Waals surface area contributed by atoms with Crippen LogP contribution < -0.4 is 0 Å². The quantitative estimate of drug-likeness (QED) is 0.302. The Morgan fingerprint density at radius 1 is 1.14 bits per heavy atom. The molecule has 1 N–H and O–H groups in total. The molecular formula is C17H13NO3. The van der Waals surface area contributed by atoms with Gasteiger partial charge in [0.05, 0.1) is 18.9 Å². The van der Waals surface area contributed by atoms with Gasteiger partial charge in [-0.1, -0.05) is 35.2 Å². The first-order chi connectivity index (χ1) is 10.2. The molecule has 0 saturated carbocycles. The van der Waals surface area contributed by atoms with E-state index < -0.39 is 0 Å². The van der Waals surface area contributed by atoms with E-state index in [1.54, 1.807) is 24.3 Å². The second-order valence-corrected chi connectivity index (χ2v) is 4.15. The number of esters is 1. The van der Waals surface area contributed by atoms with Crippen molar-refractivity contribution in [2.24, 2.45) is 5.16 Å². The van der Waals surface area contributed by atoms with Crippen molar-refractivity contribution < 1.29 is 14.7 Å². The lowest BCUT2D eigenvalue weighted by Crippen LogP contribution is -2.00. The van der Waals surface area contributed by atoms with Crippen molar-refractivity contribution in [1.82, 2.24) is 0 Å². The summed E-state index contributed by atoms with van der Waals surface area (Å²) in [7, 11) is 1.34. The molecule has 4 heteroatoms. The number of rotatable bonds is 2. The molecule has 2 aromatic rings. The van der Waals surface area contributed by atoms with Crippen LogP contribution in [0.15, 0.2) is 53.7 Å². The van der Waals surface area contributed by atoms with Gasteiger partial charge in [-0.25, -0.2) is 4.79 Å². The minimum absolute atomic E-state index is 0.376.